The summed E-state index contributed by atoms with van der Waals surface area (Å²) in [5.41, 5.74) is -40.7. The first-order chi connectivity index (χ1) is 29.8. The van der Waals surface area contributed by atoms with E-state index < -0.39 is 169 Å². The van der Waals surface area contributed by atoms with Gasteiger partial charge in [-0.1, -0.05) is 5.92 Å². The van der Waals surface area contributed by atoms with Crippen molar-refractivity contribution in [3.05, 3.63) is 46.2 Å². The first kappa shape index (κ1) is 55.8. The largest absolute Gasteiger partial charge is 0.534 e. The summed E-state index contributed by atoms with van der Waals surface area (Å²) in [5, 5.41) is -3.55. The van der Waals surface area contributed by atoms with Crippen molar-refractivity contribution in [2.75, 3.05) is 14.2 Å². The molecule has 0 N–H and O–H groups in total. The van der Waals surface area contributed by atoms with Crippen LogP contribution in [0.15, 0.2) is 24.0 Å². The van der Waals surface area contributed by atoms with Gasteiger partial charge < -0.3 is 30.4 Å². The molecule has 0 saturated carbocycles. The number of alkyl halides is 15. The maximum atomic E-state index is 13.9. The number of hydrogen-bond donors (Lipinski definition) is 0. The standard InChI is InChI=1S/C30H19F15O17S5/c1-7-14-19(24(61-66(52,53)29(40,41)42)13(4)58-63(46,47)26(31,32)33)11(2)8-15(56-5)21(14)22-16(57-6)9-12(3)20-23(22)17(59-64(48,49)27(34,35)36)10-18(60-65(50,51)28(37,38)39)25(20)62-67(54,55)30(43,44)45/h1,8-10H,2-6H3/b24-13-. The van der Waals surface area contributed by atoms with Gasteiger partial charge in [-0.2, -0.15) is 108 Å². The Hall–Kier alpha value is -5.48. The van der Waals surface area contributed by atoms with Crippen molar-refractivity contribution in [3.63, 3.8) is 0 Å². The van der Waals surface area contributed by atoms with Crippen LogP contribution < -0.4 is 22.0 Å². The third-order valence-corrected chi connectivity index (χ3v) is 12.6. The van der Waals surface area contributed by atoms with Gasteiger partial charge >= 0.3 is 78.1 Å². The molecule has 0 aliphatic rings. The molecule has 0 bridgehead atoms. The van der Waals surface area contributed by atoms with Crippen molar-refractivity contribution < 1.29 is 138 Å². The molecule has 3 aromatic rings. The van der Waals surface area contributed by atoms with Crippen molar-refractivity contribution in [2.24, 2.45) is 0 Å². The van der Waals surface area contributed by atoms with E-state index in [4.69, 9.17) is 15.9 Å². The molecule has 67 heavy (non-hydrogen) atoms. The maximum absolute atomic E-state index is 13.9. The van der Waals surface area contributed by atoms with Crippen LogP contribution in [0.1, 0.15) is 29.2 Å². The van der Waals surface area contributed by atoms with Crippen molar-refractivity contribution in [1.29, 1.82) is 0 Å². The van der Waals surface area contributed by atoms with Crippen LogP contribution in [0.4, 0.5) is 65.9 Å². The minimum Gasteiger partial charge on any atom is -0.496 e. The van der Waals surface area contributed by atoms with E-state index in [0.717, 1.165) is 0 Å². The van der Waals surface area contributed by atoms with Crippen LogP contribution in [0, 0.1) is 26.2 Å². The van der Waals surface area contributed by atoms with Gasteiger partial charge in [0.15, 0.2) is 28.8 Å². The van der Waals surface area contributed by atoms with Crippen molar-refractivity contribution in [2.45, 2.75) is 48.3 Å². The highest BCUT2D eigenvalue weighted by Crippen LogP contribution is 2.55. The van der Waals surface area contributed by atoms with Crippen molar-refractivity contribution in [3.8, 4) is 52.2 Å². The summed E-state index contributed by atoms with van der Waals surface area (Å²) in [5.74, 6) is -12.2. The Morgan fingerprint density at radius 3 is 1.27 bits per heavy atom. The van der Waals surface area contributed by atoms with Gasteiger partial charge in [-0.05, 0) is 44.0 Å². The second-order valence-electron chi connectivity index (χ2n) is 12.2. The zero-order valence-electron chi connectivity index (χ0n) is 32.5. The summed E-state index contributed by atoms with van der Waals surface area (Å²) in [4.78, 5) is 0. The zero-order valence-corrected chi connectivity index (χ0v) is 36.5. The normalized spacial score (nSPS) is 14.2. The number of terminal acetylenes is 1. The minimum absolute atomic E-state index is 0.0190. The summed E-state index contributed by atoms with van der Waals surface area (Å²) in [7, 11) is -35.1. The van der Waals surface area contributed by atoms with Crippen molar-refractivity contribution in [1.82, 2.24) is 0 Å². The second kappa shape index (κ2) is 17.6. The molecule has 0 unspecified atom stereocenters. The number of benzene rings is 3. The zero-order chi connectivity index (χ0) is 52.4. The number of methoxy groups -OCH3 is 2. The van der Waals surface area contributed by atoms with E-state index in [-0.39, 0.29) is 6.92 Å². The number of ether oxygens (including phenoxy) is 2. The van der Waals surface area contributed by atoms with Crippen molar-refractivity contribution >= 4 is 67.1 Å². The lowest BCUT2D eigenvalue weighted by Gasteiger charge is -2.25. The van der Waals surface area contributed by atoms with Gasteiger partial charge in [-0.25, -0.2) is 0 Å². The lowest BCUT2D eigenvalue weighted by molar-refractivity contribution is -0.0531. The highest BCUT2D eigenvalue weighted by atomic mass is 32.2. The van der Waals surface area contributed by atoms with Crippen LogP contribution in [0.2, 0.25) is 0 Å². The Kier molecular flexibility index (Phi) is 14.6. The molecule has 0 aliphatic carbocycles. The topological polar surface area (TPSA) is 235 Å². The molecule has 37 heteroatoms. The summed E-state index contributed by atoms with van der Waals surface area (Å²) >= 11 is 0. The second-order valence-corrected chi connectivity index (χ2v) is 19.9. The number of halogens is 15. The highest BCUT2D eigenvalue weighted by molar-refractivity contribution is 7.89. The molecule has 3 aromatic carbocycles. The summed E-state index contributed by atoms with van der Waals surface area (Å²) in [6.45, 7) is 1.24. The molecule has 0 fully saturated rings. The third kappa shape index (κ3) is 10.8. The monoisotopic (exact) mass is 1100 g/mol. The first-order valence-electron chi connectivity index (χ1n) is 15.9. The highest BCUT2D eigenvalue weighted by Gasteiger charge is 2.54. The van der Waals surface area contributed by atoms with E-state index >= 15 is 0 Å². The summed E-state index contributed by atoms with van der Waals surface area (Å²) < 4.78 is 357. The quantitative estimate of drug-likeness (QED) is 0.0509. The average molecular weight is 1100 g/mol. The number of fused-ring (bicyclic) bond motifs is 1. The molecule has 17 nitrogen and oxygen atoms in total. The van der Waals surface area contributed by atoms with Gasteiger partial charge in [0.2, 0.25) is 0 Å². The molecule has 376 valence electrons. The molecular formula is C30H19F15O17S5. The summed E-state index contributed by atoms with van der Waals surface area (Å²) in [6, 6.07) is 0.0807. The van der Waals surface area contributed by atoms with Gasteiger partial charge in [0.1, 0.15) is 11.5 Å². The Morgan fingerprint density at radius 1 is 0.493 bits per heavy atom. The fraction of sp³-hybridized carbons (Fsp3) is 0.333. The third-order valence-electron chi connectivity index (χ3n) is 7.75. The number of aryl methyl sites for hydroxylation is 2. The SMILES string of the molecule is C#Cc1c(/C(OS(=O)(=O)C(F)(F)F)=C(\C)OS(=O)(=O)C(F)(F)F)c(C)cc(OC)c1-c1c(OC)cc(C)c2c(OS(=O)(=O)C(F)(F)F)c(OS(=O)(=O)C(F)(F)F)cc(OS(=O)(=O)C(F)(F)F)c12. The van der Waals surface area contributed by atoms with Crippen LogP contribution in [0.25, 0.3) is 27.7 Å². The predicted molar refractivity (Wildman–Crippen MR) is 191 cm³/mol. The molecule has 0 aromatic heterocycles. The lowest BCUT2D eigenvalue weighted by Crippen LogP contribution is -2.30. The number of rotatable bonds is 14. The first-order valence-corrected chi connectivity index (χ1v) is 22.9. The number of allylic oxidation sites excluding steroid dienone is 1. The van der Waals surface area contributed by atoms with E-state index in [2.05, 4.69) is 20.9 Å². The van der Waals surface area contributed by atoms with Gasteiger partial charge in [-0.15, -0.1) is 6.42 Å². The molecule has 0 aliphatic heterocycles. The van der Waals surface area contributed by atoms with Crippen LogP contribution in [0.3, 0.4) is 0 Å². The predicted octanol–water partition coefficient (Wildman–Crippen LogP) is 7.23. The van der Waals surface area contributed by atoms with E-state index in [1.165, 1.54) is 0 Å². The fourth-order valence-electron chi connectivity index (χ4n) is 5.13. The maximum Gasteiger partial charge on any atom is 0.534 e. The van der Waals surface area contributed by atoms with E-state index in [9.17, 15) is 108 Å². The molecule has 0 saturated heterocycles. The lowest BCUT2D eigenvalue weighted by atomic mass is 9.86. The van der Waals surface area contributed by atoms with E-state index in [1.54, 1.807) is 5.92 Å². The minimum atomic E-state index is -7.35. The van der Waals surface area contributed by atoms with Crippen LogP contribution in [0.5, 0.6) is 28.7 Å². The molecule has 0 spiro atoms. The van der Waals surface area contributed by atoms with E-state index in [0.29, 0.717) is 40.2 Å². The van der Waals surface area contributed by atoms with Gasteiger partial charge in [0, 0.05) is 39.1 Å². The Balaban J connectivity index is 3.02. The van der Waals surface area contributed by atoms with Crippen LogP contribution in [-0.2, 0) is 59.0 Å². The molecule has 0 atom stereocenters. The molecular weight excluding hydrogens is 1080 g/mol. The number of hydrogen-bond acceptors (Lipinski definition) is 17. The molecule has 0 heterocycles. The smallest absolute Gasteiger partial charge is 0.496 e. The fourth-order valence-corrected chi connectivity index (χ4v) is 7.54. The van der Waals surface area contributed by atoms with Gasteiger partial charge in [0.25, 0.3) is 0 Å². The van der Waals surface area contributed by atoms with Gasteiger partial charge in [0.05, 0.1) is 14.2 Å². The Morgan fingerprint density at radius 2 is 0.866 bits per heavy atom. The van der Waals surface area contributed by atoms with Gasteiger partial charge in [-0.3, -0.25) is 0 Å². The molecule has 3 rings (SSSR count). The molecule has 0 radical (unpaired) electrons. The average Bonchev–Trinajstić information content (AvgIpc) is 3.12. The molecule has 0 amide bonds. The van der Waals surface area contributed by atoms with E-state index in [1.807, 2.05) is 0 Å². The summed E-state index contributed by atoms with van der Waals surface area (Å²) in [6.07, 6.45) is 5.59. The van der Waals surface area contributed by atoms with Crippen LogP contribution >= 0.6 is 0 Å². The Labute approximate surface area is 365 Å². The Bertz CT molecular complexity index is 3160. The van der Waals surface area contributed by atoms with Crippen LogP contribution in [-0.4, -0.2) is 83.9 Å².